The van der Waals surface area contributed by atoms with Crippen LogP contribution < -0.4 is 4.90 Å². The van der Waals surface area contributed by atoms with E-state index in [9.17, 15) is 4.79 Å². The smallest absolute Gasteiger partial charge is 0.268 e. The van der Waals surface area contributed by atoms with Gasteiger partial charge < -0.3 is 10.1 Å². The lowest BCUT2D eigenvalue weighted by molar-refractivity contribution is 0.0991. The number of hydrogen-bond donors (Lipinski definition) is 1. The summed E-state index contributed by atoms with van der Waals surface area (Å²) in [6.45, 7) is 0.535. The second kappa shape index (κ2) is 4.85. The lowest BCUT2D eigenvalue weighted by Crippen LogP contribution is -2.37. The van der Waals surface area contributed by atoms with Gasteiger partial charge in [0.25, 0.3) is 5.91 Å². The molecule has 1 N–H and O–H groups in total. The maximum Gasteiger partial charge on any atom is 0.268 e. The van der Waals surface area contributed by atoms with E-state index in [2.05, 4.69) is 5.16 Å². The van der Waals surface area contributed by atoms with E-state index in [1.807, 2.05) is 41.8 Å². The number of nitrogens with zero attached hydrogens (tertiary/aromatic N) is 2. The average Bonchev–Trinajstić information content (AvgIpc) is 2.99. The topological polar surface area (TPSA) is 52.9 Å². The summed E-state index contributed by atoms with van der Waals surface area (Å²) >= 11 is 1.44. The van der Waals surface area contributed by atoms with Gasteiger partial charge in [0, 0.05) is 18.5 Å². The molecule has 0 saturated heterocycles. The summed E-state index contributed by atoms with van der Waals surface area (Å²) in [7, 11) is 0. The van der Waals surface area contributed by atoms with Crippen LogP contribution in [-0.4, -0.2) is 23.4 Å². The average molecular weight is 272 g/mol. The minimum absolute atomic E-state index is 0.000519. The van der Waals surface area contributed by atoms with Crippen molar-refractivity contribution in [1.29, 1.82) is 0 Å². The van der Waals surface area contributed by atoms with Gasteiger partial charge in [-0.25, -0.2) is 0 Å². The number of rotatable bonds is 1. The van der Waals surface area contributed by atoms with Gasteiger partial charge in [0.2, 0.25) is 0 Å². The Bertz CT molecular complexity index is 635. The van der Waals surface area contributed by atoms with Crippen molar-refractivity contribution in [1.82, 2.24) is 0 Å². The molecule has 1 aromatic carbocycles. The Labute approximate surface area is 114 Å². The van der Waals surface area contributed by atoms with Gasteiger partial charge in [-0.15, -0.1) is 11.3 Å². The molecule has 1 aliphatic heterocycles. The van der Waals surface area contributed by atoms with Crippen LogP contribution in [0.15, 0.2) is 46.9 Å². The third-order valence-corrected chi connectivity index (χ3v) is 4.03. The second-order valence-electron chi connectivity index (χ2n) is 4.25. The van der Waals surface area contributed by atoms with E-state index in [1.54, 1.807) is 4.90 Å². The number of benzene rings is 1. The quantitative estimate of drug-likeness (QED) is 0.641. The van der Waals surface area contributed by atoms with Gasteiger partial charge in [0.05, 0.1) is 16.3 Å². The molecule has 0 spiro atoms. The highest BCUT2D eigenvalue weighted by Crippen LogP contribution is 2.29. The molecule has 0 saturated carbocycles. The molecule has 1 aromatic heterocycles. The van der Waals surface area contributed by atoms with E-state index in [0.29, 0.717) is 18.7 Å². The van der Waals surface area contributed by atoms with Crippen LogP contribution in [0.5, 0.6) is 0 Å². The van der Waals surface area contributed by atoms with Gasteiger partial charge in [-0.05, 0) is 17.5 Å². The molecule has 96 valence electrons. The number of fused-ring (bicyclic) bond motifs is 1. The van der Waals surface area contributed by atoms with Gasteiger partial charge in [0.15, 0.2) is 0 Å². The van der Waals surface area contributed by atoms with Crippen LogP contribution in [0.3, 0.4) is 0 Å². The fraction of sp³-hybridized carbons (Fsp3) is 0.143. The third kappa shape index (κ3) is 2.02. The molecule has 0 atom stereocenters. The minimum atomic E-state index is -0.000519. The van der Waals surface area contributed by atoms with Crippen molar-refractivity contribution in [2.45, 2.75) is 6.42 Å². The zero-order valence-corrected chi connectivity index (χ0v) is 10.9. The number of anilines is 1. The summed E-state index contributed by atoms with van der Waals surface area (Å²) in [4.78, 5) is 14.9. The Morgan fingerprint density at radius 3 is 2.84 bits per heavy atom. The van der Waals surface area contributed by atoms with Gasteiger partial charge >= 0.3 is 0 Å². The predicted molar refractivity (Wildman–Crippen MR) is 75.4 cm³/mol. The Morgan fingerprint density at radius 2 is 2.11 bits per heavy atom. The lowest BCUT2D eigenvalue weighted by atomic mass is 9.99. The van der Waals surface area contributed by atoms with Crippen molar-refractivity contribution in [3.63, 3.8) is 0 Å². The molecule has 1 amide bonds. The van der Waals surface area contributed by atoms with E-state index >= 15 is 0 Å². The molecule has 0 aliphatic carbocycles. The molecule has 0 radical (unpaired) electrons. The van der Waals surface area contributed by atoms with Crippen LogP contribution in [0, 0.1) is 0 Å². The maximum atomic E-state index is 12.5. The van der Waals surface area contributed by atoms with Crippen LogP contribution in [0.4, 0.5) is 5.69 Å². The van der Waals surface area contributed by atoms with E-state index in [-0.39, 0.29) is 5.91 Å². The molecule has 1 aliphatic rings. The Morgan fingerprint density at radius 1 is 1.26 bits per heavy atom. The van der Waals surface area contributed by atoms with Crippen molar-refractivity contribution in [3.05, 3.63) is 52.2 Å². The molecule has 5 heteroatoms. The van der Waals surface area contributed by atoms with Crippen LogP contribution >= 0.6 is 11.3 Å². The number of amides is 1. The first-order valence-electron chi connectivity index (χ1n) is 5.97. The van der Waals surface area contributed by atoms with Crippen molar-refractivity contribution in [3.8, 4) is 0 Å². The van der Waals surface area contributed by atoms with Crippen LogP contribution in [0.1, 0.15) is 21.7 Å². The lowest BCUT2D eigenvalue weighted by Gasteiger charge is -2.29. The first-order valence-corrected chi connectivity index (χ1v) is 6.85. The Hall–Kier alpha value is -2.14. The highest BCUT2D eigenvalue weighted by molar-refractivity contribution is 7.12. The molecule has 2 aromatic rings. The molecular weight excluding hydrogens is 260 g/mol. The molecular formula is C14H12N2O2S. The predicted octanol–water partition coefficient (Wildman–Crippen LogP) is 2.98. The number of thiophene rings is 1. The highest BCUT2D eigenvalue weighted by Gasteiger charge is 2.27. The van der Waals surface area contributed by atoms with Gasteiger partial charge in [-0.2, -0.15) is 0 Å². The zero-order chi connectivity index (χ0) is 13.2. The van der Waals surface area contributed by atoms with Gasteiger partial charge in [-0.3, -0.25) is 4.79 Å². The maximum absolute atomic E-state index is 12.5. The fourth-order valence-corrected chi connectivity index (χ4v) is 2.95. The summed E-state index contributed by atoms with van der Waals surface area (Å²) < 4.78 is 0. The zero-order valence-electron chi connectivity index (χ0n) is 10.1. The number of para-hydroxylation sites is 1. The molecule has 4 nitrogen and oxygen atoms in total. The standard InChI is InChI=1S/C14H12N2O2S/c17-14(13-6-3-9-19-13)16-8-7-11(15-18)10-4-1-2-5-12(10)16/h1-6,9,18H,7-8H2. The molecule has 0 bridgehead atoms. The molecule has 19 heavy (non-hydrogen) atoms. The Kier molecular flexibility index (Phi) is 3.05. The van der Waals surface area contributed by atoms with Crippen LogP contribution in [0.25, 0.3) is 0 Å². The Balaban J connectivity index is 2.03. The summed E-state index contributed by atoms with van der Waals surface area (Å²) in [5.74, 6) is -0.000519. The number of carbonyl (C=O) groups excluding carboxylic acids is 1. The minimum Gasteiger partial charge on any atom is -0.411 e. The molecule has 2 heterocycles. The SMILES string of the molecule is O=C(c1cccs1)N1CCC(=NO)c2ccccc21. The second-order valence-corrected chi connectivity index (χ2v) is 5.20. The summed E-state index contributed by atoms with van der Waals surface area (Å²) in [5, 5.41) is 14.3. The van der Waals surface area contributed by atoms with Crippen molar-refractivity contribution in [2.24, 2.45) is 5.16 Å². The molecule has 0 fully saturated rings. The van der Waals surface area contributed by atoms with Crippen LogP contribution in [-0.2, 0) is 0 Å². The number of hydrogen-bond acceptors (Lipinski definition) is 4. The normalized spacial score (nSPS) is 16.4. The molecule has 3 rings (SSSR count). The third-order valence-electron chi connectivity index (χ3n) is 3.18. The number of carbonyl (C=O) groups is 1. The summed E-state index contributed by atoms with van der Waals surface area (Å²) in [5.41, 5.74) is 2.26. The first-order chi connectivity index (χ1) is 9.31. The molecule has 0 unspecified atom stereocenters. The fourth-order valence-electron chi connectivity index (χ4n) is 2.27. The van der Waals surface area contributed by atoms with E-state index in [4.69, 9.17) is 5.21 Å². The van der Waals surface area contributed by atoms with E-state index < -0.39 is 0 Å². The number of oxime groups is 1. The van der Waals surface area contributed by atoms with Gasteiger partial charge in [0.1, 0.15) is 0 Å². The van der Waals surface area contributed by atoms with E-state index in [0.717, 1.165) is 16.1 Å². The van der Waals surface area contributed by atoms with Gasteiger partial charge in [-0.1, -0.05) is 29.4 Å². The van der Waals surface area contributed by atoms with Crippen molar-refractivity contribution in [2.75, 3.05) is 11.4 Å². The largest absolute Gasteiger partial charge is 0.411 e. The first kappa shape index (κ1) is 11.9. The summed E-state index contributed by atoms with van der Waals surface area (Å²) in [6, 6.07) is 11.2. The highest BCUT2D eigenvalue weighted by atomic mass is 32.1. The van der Waals surface area contributed by atoms with Crippen molar-refractivity contribution < 1.29 is 10.0 Å². The van der Waals surface area contributed by atoms with E-state index in [1.165, 1.54) is 11.3 Å². The van der Waals surface area contributed by atoms with Crippen molar-refractivity contribution >= 4 is 28.6 Å². The van der Waals surface area contributed by atoms with Crippen LogP contribution in [0.2, 0.25) is 0 Å². The monoisotopic (exact) mass is 272 g/mol. The summed E-state index contributed by atoms with van der Waals surface area (Å²) in [6.07, 6.45) is 0.560.